The number of nitrogens with two attached hydrogens (primary N) is 1. The minimum atomic E-state index is 0.545. The lowest BCUT2D eigenvalue weighted by Gasteiger charge is -2.02. The van der Waals surface area contributed by atoms with Crippen LogP contribution in [0.2, 0.25) is 4.34 Å². The molecule has 0 aromatic carbocycles. The van der Waals surface area contributed by atoms with Gasteiger partial charge in [0.1, 0.15) is 0 Å². The second kappa shape index (κ2) is 4.57. The Kier molecular flexibility index (Phi) is 3.33. The smallest absolute Gasteiger partial charge is 0.0931 e. The van der Waals surface area contributed by atoms with E-state index in [0.717, 1.165) is 27.8 Å². The molecule has 0 amide bonds. The van der Waals surface area contributed by atoms with Gasteiger partial charge in [0.25, 0.3) is 0 Å². The van der Waals surface area contributed by atoms with Gasteiger partial charge in [-0.2, -0.15) is 5.10 Å². The third kappa shape index (κ3) is 2.14. The number of thiophene rings is 1. The average molecular weight is 256 g/mol. The van der Waals surface area contributed by atoms with Crippen LogP contribution in [0, 0.1) is 13.8 Å². The highest BCUT2D eigenvalue weighted by molar-refractivity contribution is 7.16. The van der Waals surface area contributed by atoms with Gasteiger partial charge in [0.05, 0.1) is 16.6 Å². The van der Waals surface area contributed by atoms with Crippen LogP contribution in [0.4, 0.5) is 0 Å². The first-order valence-electron chi connectivity index (χ1n) is 5.09. The number of hydrogen-bond donors (Lipinski definition) is 1. The number of nitrogens with zero attached hydrogens (tertiary/aromatic N) is 2. The Balaban J connectivity index is 2.28. The molecule has 0 saturated heterocycles. The highest BCUT2D eigenvalue weighted by Gasteiger charge is 2.10. The van der Waals surface area contributed by atoms with E-state index >= 15 is 0 Å². The zero-order valence-corrected chi connectivity index (χ0v) is 10.9. The molecule has 86 valence electrons. The second-order valence-electron chi connectivity index (χ2n) is 3.72. The molecule has 2 aromatic rings. The summed E-state index contributed by atoms with van der Waals surface area (Å²) in [6.45, 7) is 5.36. The van der Waals surface area contributed by atoms with Crippen molar-refractivity contribution in [1.82, 2.24) is 9.78 Å². The van der Waals surface area contributed by atoms with Crippen molar-refractivity contribution in [1.29, 1.82) is 0 Å². The lowest BCUT2D eigenvalue weighted by Crippen LogP contribution is -2.04. The second-order valence-corrected chi connectivity index (χ2v) is 5.52. The van der Waals surface area contributed by atoms with Gasteiger partial charge in [-0.15, -0.1) is 11.3 Å². The Morgan fingerprint density at radius 1 is 1.44 bits per heavy atom. The highest BCUT2D eigenvalue weighted by atomic mass is 35.5. The maximum atomic E-state index is 5.90. The molecule has 2 aromatic heterocycles. The summed E-state index contributed by atoms with van der Waals surface area (Å²) in [5, 5.41) is 4.49. The molecule has 0 aliphatic carbocycles. The van der Waals surface area contributed by atoms with E-state index in [9.17, 15) is 0 Å². The fourth-order valence-corrected chi connectivity index (χ4v) is 2.84. The van der Waals surface area contributed by atoms with Crippen LogP contribution in [-0.2, 0) is 13.1 Å². The summed E-state index contributed by atoms with van der Waals surface area (Å²) in [6, 6.07) is 3.95. The number of aryl methyl sites for hydroxylation is 1. The fraction of sp³-hybridized carbons (Fsp3) is 0.364. The van der Waals surface area contributed by atoms with Gasteiger partial charge in [-0.05, 0) is 26.0 Å². The van der Waals surface area contributed by atoms with E-state index < -0.39 is 0 Å². The third-order valence-corrected chi connectivity index (χ3v) is 3.89. The SMILES string of the molecule is Cc1nn(Cc2ccc(Cl)s2)c(C)c1CN. The van der Waals surface area contributed by atoms with Gasteiger partial charge in [0.15, 0.2) is 0 Å². The molecule has 0 radical (unpaired) electrons. The van der Waals surface area contributed by atoms with Crippen molar-refractivity contribution in [2.24, 2.45) is 5.73 Å². The van der Waals surface area contributed by atoms with Gasteiger partial charge in [0.2, 0.25) is 0 Å². The van der Waals surface area contributed by atoms with E-state index in [0.29, 0.717) is 6.54 Å². The Hall–Kier alpha value is -0.840. The molecule has 0 atom stereocenters. The van der Waals surface area contributed by atoms with E-state index in [1.165, 1.54) is 4.88 Å². The Morgan fingerprint density at radius 3 is 2.69 bits per heavy atom. The van der Waals surface area contributed by atoms with Crippen LogP contribution in [0.5, 0.6) is 0 Å². The van der Waals surface area contributed by atoms with Crippen molar-refractivity contribution < 1.29 is 0 Å². The molecule has 0 saturated carbocycles. The Labute approximate surface area is 104 Å². The van der Waals surface area contributed by atoms with Crippen molar-refractivity contribution in [2.75, 3.05) is 0 Å². The summed E-state index contributed by atoms with van der Waals surface area (Å²) in [5.74, 6) is 0. The summed E-state index contributed by atoms with van der Waals surface area (Å²) < 4.78 is 2.80. The van der Waals surface area contributed by atoms with Crippen molar-refractivity contribution in [3.63, 3.8) is 0 Å². The normalized spacial score (nSPS) is 11.0. The summed E-state index contributed by atoms with van der Waals surface area (Å²) >= 11 is 7.49. The Bertz CT molecular complexity index is 501. The maximum Gasteiger partial charge on any atom is 0.0931 e. The monoisotopic (exact) mass is 255 g/mol. The van der Waals surface area contributed by atoms with Gasteiger partial charge in [-0.1, -0.05) is 11.6 Å². The highest BCUT2D eigenvalue weighted by Crippen LogP contribution is 2.23. The van der Waals surface area contributed by atoms with Crippen LogP contribution >= 0.6 is 22.9 Å². The van der Waals surface area contributed by atoms with Gasteiger partial charge in [-0.3, -0.25) is 4.68 Å². The first kappa shape index (κ1) is 11.6. The molecule has 0 spiro atoms. The van der Waals surface area contributed by atoms with Crippen molar-refractivity contribution >= 4 is 22.9 Å². The summed E-state index contributed by atoms with van der Waals surface area (Å²) in [4.78, 5) is 1.21. The zero-order valence-electron chi connectivity index (χ0n) is 9.33. The molecule has 0 aliphatic heterocycles. The molecule has 2 heterocycles. The lowest BCUT2D eigenvalue weighted by molar-refractivity contribution is 0.665. The molecule has 0 aliphatic rings. The average Bonchev–Trinajstić information content (AvgIpc) is 2.74. The molecule has 3 nitrogen and oxygen atoms in total. The van der Waals surface area contributed by atoms with Gasteiger partial charge in [-0.25, -0.2) is 0 Å². The van der Waals surface area contributed by atoms with Crippen LogP contribution in [0.3, 0.4) is 0 Å². The van der Waals surface area contributed by atoms with E-state index in [1.807, 2.05) is 23.7 Å². The lowest BCUT2D eigenvalue weighted by atomic mass is 10.2. The summed E-state index contributed by atoms with van der Waals surface area (Å²) in [5.41, 5.74) is 8.99. The molecule has 0 fully saturated rings. The molecule has 0 bridgehead atoms. The van der Waals surface area contributed by atoms with Crippen molar-refractivity contribution in [2.45, 2.75) is 26.9 Å². The van der Waals surface area contributed by atoms with Crippen LogP contribution < -0.4 is 5.73 Å². The van der Waals surface area contributed by atoms with Crippen LogP contribution in [0.1, 0.15) is 21.8 Å². The van der Waals surface area contributed by atoms with Crippen molar-refractivity contribution in [3.05, 3.63) is 38.3 Å². The standard InChI is InChI=1S/C11H14ClN3S/c1-7-10(5-13)8(2)15(14-7)6-9-3-4-11(12)16-9/h3-4H,5-6,13H2,1-2H3. The minimum Gasteiger partial charge on any atom is -0.326 e. The fourth-order valence-electron chi connectivity index (χ4n) is 1.77. The largest absolute Gasteiger partial charge is 0.326 e. The molecular formula is C11H14ClN3S. The third-order valence-electron chi connectivity index (χ3n) is 2.67. The van der Waals surface area contributed by atoms with Crippen LogP contribution in [-0.4, -0.2) is 9.78 Å². The predicted octanol–water partition coefficient (Wildman–Crippen LogP) is 2.72. The Morgan fingerprint density at radius 2 is 2.19 bits per heavy atom. The van der Waals surface area contributed by atoms with Crippen LogP contribution in [0.25, 0.3) is 0 Å². The van der Waals surface area contributed by atoms with E-state index in [1.54, 1.807) is 11.3 Å². The first-order valence-corrected chi connectivity index (χ1v) is 6.28. The molecule has 2 rings (SSSR count). The number of halogens is 1. The maximum absolute atomic E-state index is 5.90. The quantitative estimate of drug-likeness (QED) is 0.917. The number of hydrogen-bond acceptors (Lipinski definition) is 3. The number of aromatic nitrogens is 2. The summed E-state index contributed by atoms with van der Waals surface area (Å²) in [7, 11) is 0. The van der Waals surface area contributed by atoms with E-state index in [-0.39, 0.29) is 0 Å². The van der Waals surface area contributed by atoms with Gasteiger partial charge < -0.3 is 5.73 Å². The molecular weight excluding hydrogens is 242 g/mol. The zero-order chi connectivity index (χ0) is 11.7. The van der Waals surface area contributed by atoms with Gasteiger partial charge >= 0.3 is 0 Å². The molecule has 2 N–H and O–H groups in total. The minimum absolute atomic E-state index is 0.545. The number of rotatable bonds is 3. The van der Waals surface area contributed by atoms with Crippen LogP contribution in [0.15, 0.2) is 12.1 Å². The van der Waals surface area contributed by atoms with E-state index in [4.69, 9.17) is 17.3 Å². The van der Waals surface area contributed by atoms with Gasteiger partial charge in [0, 0.05) is 22.7 Å². The van der Waals surface area contributed by atoms with Crippen molar-refractivity contribution in [3.8, 4) is 0 Å². The topological polar surface area (TPSA) is 43.8 Å². The molecule has 0 unspecified atom stereocenters. The molecule has 5 heteroatoms. The predicted molar refractivity (Wildman–Crippen MR) is 68.0 cm³/mol. The first-order chi connectivity index (χ1) is 7.61. The van der Waals surface area contributed by atoms with E-state index in [2.05, 4.69) is 12.0 Å². The summed E-state index contributed by atoms with van der Waals surface area (Å²) in [6.07, 6.45) is 0. The molecule has 16 heavy (non-hydrogen) atoms.